The molecule has 1 aliphatic carbocycles. The number of amides is 1. The molecule has 0 N–H and O–H groups in total. The third-order valence-corrected chi connectivity index (χ3v) is 4.50. The molecule has 0 saturated carbocycles. The number of Topliss-reactive ketones (excluding diaryl/α,β-unsaturated/α-hetero) is 1. The van der Waals surface area contributed by atoms with Crippen LogP contribution in [0.2, 0.25) is 0 Å². The fraction of sp³-hybridized carbons (Fsp3) is 0.556. The number of hydrogen-bond acceptors (Lipinski definition) is 3. The average Bonchev–Trinajstić information content (AvgIpc) is 2.70. The molecule has 1 saturated heterocycles. The number of nitrogens with zero attached hydrogens (tertiary/aromatic N) is 1. The van der Waals surface area contributed by atoms with Crippen molar-refractivity contribution in [2.45, 2.75) is 45.6 Å². The summed E-state index contributed by atoms with van der Waals surface area (Å²) in [7, 11) is 0. The van der Waals surface area contributed by atoms with Gasteiger partial charge in [-0.05, 0) is 45.6 Å². The van der Waals surface area contributed by atoms with E-state index in [-0.39, 0.29) is 11.9 Å². The molecular formula is C18H23NO3. The Morgan fingerprint density at radius 3 is 2.68 bits per heavy atom. The lowest BCUT2D eigenvalue weighted by Crippen LogP contribution is -2.50. The first kappa shape index (κ1) is 15.1. The SMILES string of the molecule is CC(C)(C)OC(=O)N1CCCC2(Cc3ccccc3C2=O)C1. The van der Waals surface area contributed by atoms with Crippen molar-refractivity contribution in [3.8, 4) is 0 Å². The van der Waals surface area contributed by atoms with Gasteiger partial charge in [-0.1, -0.05) is 24.3 Å². The van der Waals surface area contributed by atoms with Gasteiger partial charge in [-0.25, -0.2) is 4.79 Å². The van der Waals surface area contributed by atoms with Gasteiger partial charge in [0.1, 0.15) is 5.60 Å². The Balaban J connectivity index is 1.80. The van der Waals surface area contributed by atoms with Crippen LogP contribution in [0.1, 0.15) is 49.5 Å². The molecular weight excluding hydrogens is 278 g/mol. The van der Waals surface area contributed by atoms with Crippen molar-refractivity contribution in [2.75, 3.05) is 13.1 Å². The highest BCUT2D eigenvalue weighted by molar-refractivity contribution is 6.05. The van der Waals surface area contributed by atoms with E-state index in [0.29, 0.717) is 13.1 Å². The molecule has 22 heavy (non-hydrogen) atoms. The lowest BCUT2D eigenvalue weighted by Gasteiger charge is -2.39. The van der Waals surface area contributed by atoms with Crippen LogP contribution in [0.25, 0.3) is 0 Å². The largest absolute Gasteiger partial charge is 0.444 e. The number of carbonyl (C=O) groups is 2. The minimum absolute atomic E-state index is 0.191. The van der Waals surface area contributed by atoms with Crippen LogP contribution in [-0.2, 0) is 11.2 Å². The third-order valence-electron chi connectivity index (χ3n) is 4.50. The first-order valence-electron chi connectivity index (χ1n) is 7.91. The van der Waals surface area contributed by atoms with Gasteiger partial charge in [0.2, 0.25) is 0 Å². The maximum absolute atomic E-state index is 12.8. The highest BCUT2D eigenvalue weighted by Gasteiger charge is 2.48. The normalized spacial score (nSPS) is 24.5. The summed E-state index contributed by atoms with van der Waals surface area (Å²) in [5, 5.41) is 0. The zero-order valence-electron chi connectivity index (χ0n) is 13.5. The Morgan fingerprint density at radius 2 is 2.00 bits per heavy atom. The van der Waals surface area contributed by atoms with Crippen molar-refractivity contribution < 1.29 is 14.3 Å². The lowest BCUT2D eigenvalue weighted by molar-refractivity contribution is 0.00740. The summed E-state index contributed by atoms with van der Waals surface area (Å²) >= 11 is 0. The topological polar surface area (TPSA) is 46.6 Å². The van der Waals surface area contributed by atoms with Crippen LogP contribution < -0.4 is 0 Å². The quantitative estimate of drug-likeness (QED) is 0.737. The Kier molecular flexibility index (Phi) is 3.50. The highest BCUT2D eigenvalue weighted by atomic mass is 16.6. The average molecular weight is 301 g/mol. The van der Waals surface area contributed by atoms with Crippen LogP contribution in [0.3, 0.4) is 0 Å². The van der Waals surface area contributed by atoms with Crippen LogP contribution in [0.4, 0.5) is 4.79 Å². The van der Waals surface area contributed by atoms with Gasteiger partial charge in [0.25, 0.3) is 0 Å². The molecule has 1 atom stereocenters. The van der Waals surface area contributed by atoms with E-state index in [9.17, 15) is 9.59 Å². The van der Waals surface area contributed by atoms with Crippen molar-refractivity contribution in [1.82, 2.24) is 4.90 Å². The predicted octanol–water partition coefficient (Wildman–Crippen LogP) is 3.44. The van der Waals surface area contributed by atoms with E-state index in [1.54, 1.807) is 4.90 Å². The molecule has 1 spiro atoms. The molecule has 1 fully saturated rings. The first-order valence-corrected chi connectivity index (χ1v) is 7.91. The molecule has 0 bridgehead atoms. The van der Waals surface area contributed by atoms with Crippen LogP contribution in [0, 0.1) is 5.41 Å². The van der Waals surface area contributed by atoms with Crippen LogP contribution in [-0.4, -0.2) is 35.5 Å². The predicted molar refractivity (Wildman–Crippen MR) is 84.0 cm³/mol. The summed E-state index contributed by atoms with van der Waals surface area (Å²) in [5.41, 5.74) is 0.982. The summed E-state index contributed by atoms with van der Waals surface area (Å²) in [6.07, 6.45) is 2.12. The second-order valence-corrected chi connectivity index (χ2v) is 7.45. The summed E-state index contributed by atoms with van der Waals surface area (Å²) in [5.74, 6) is 0.191. The van der Waals surface area contributed by atoms with Gasteiger partial charge in [-0.3, -0.25) is 4.79 Å². The minimum atomic E-state index is -0.510. The Morgan fingerprint density at radius 1 is 1.27 bits per heavy atom. The molecule has 1 heterocycles. The van der Waals surface area contributed by atoms with Crippen molar-refractivity contribution in [3.05, 3.63) is 35.4 Å². The van der Waals surface area contributed by atoms with E-state index >= 15 is 0 Å². The molecule has 1 amide bonds. The standard InChI is InChI=1S/C18H23NO3/c1-17(2,3)22-16(21)19-10-6-9-18(12-19)11-13-7-4-5-8-14(13)15(18)20/h4-5,7-8H,6,9-12H2,1-3H3. The zero-order chi connectivity index (χ0) is 16.0. The van der Waals surface area contributed by atoms with Crippen LogP contribution in [0.5, 0.6) is 0 Å². The van der Waals surface area contributed by atoms with Gasteiger partial charge in [-0.2, -0.15) is 0 Å². The molecule has 2 aliphatic rings. The van der Waals surface area contributed by atoms with Gasteiger partial charge in [0.05, 0.1) is 5.41 Å². The maximum Gasteiger partial charge on any atom is 0.410 e. The number of fused-ring (bicyclic) bond motifs is 1. The minimum Gasteiger partial charge on any atom is -0.444 e. The molecule has 1 aliphatic heterocycles. The first-order chi connectivity index (χ1) is 10.3. The van der Waals surface area contributed by atoms with E-state index in [1.807, 2.05) is 45.0 Å². The van der Waals surface area contributed by atoms with Gasteiger partial charge >= 0.3 is 6.09 Å². The lowest BCUT2D eigenvalue weighted by atomic mass is 9.76. The molecule has 4 nitrogen and oxygen atoms in total. The van der Waals surface area contributed by atoms with Gasteiger partial charge < -0.3 is 9.64 Å². The molecule has 1 aromatic carbocycles. The van der Waals surface area contributed by atoms with Crippen molar-refractivity contribution in [3.63, 3.8) is 0 Å². The van der Waals surface area contributed by atoms with Crippen molar-refractivity contribution >= 4 is 11.9 Å². The van der Waals surface area contributed by atoms with Crippen molar-refractivity contribution in [2.24, 2.45) is 5.41 Å². The van der Waals surface area contributed by atoms with Gasteiger partial charge in [0.15, 0.2) is 5.78 Å². The van der Waals surface area contributed by atoms with Gasteiger partial charge in [-0.15, -0.1) is 0 Å². The fourth-order valence-corrected chi connectivity index (χ4v) is 3.57. The van der Waals surface area contributed by atoms with Crippen LogP contribution >= 0.6 is 0 Å². The molecule has 0 radical (unpaired) electrons. The molecule has 118 valence electrons. The van der Waals surface area contributed by atoms with Crippen LogP contribution in [0.15, 0.2) is 24.3 Å². The van der Waals surface area contributed by atoms with E-state index in [0.717, 1.165) is 30.4 Å². The smallest absolute Gasteiger partial charge is 0.410 e. The number of hydrogen-bond donors (Lipinski definition) is 0. The monoisotopic (exact) mass is 301 g/mol. The van der Waals surface area contributed by atoms with Crippen molar-refractivity contribution in [1.29, 1.82) is 0 Å². The van der Waals surface area contributed by atoms with E-state index in [1.165, 1.54) is 0 Å². The fourth-order valence-electron chi connectivity index (χ4n) is 3.57. The number of ether oxygens (including phenoxy) is 1. The Bertz CT molecular complexity index is 617. The van der Waals surface area contributed by atoms with E-state index < -0.39 is 11.0 Å². The third kappa shape index (κ3) is 2.62. The Labute approximate surface area is 131 Å². The highest BCUT2D eigenvalue weighted by Crippen LogP contribution is 2.43. The Hall–Kier alpha value is -1.84. The summed E-state index contributed by atoms with van der Waals surface area (Å²) < 4.78 is 5.47. The molecule has 4 heteroatoms. The summed E-state index contributed by atoms with van der Waals surface area (Å²) in [4.78, 5) is 26.9. The van der Waals surface area contributed by atoms with E-state index in [2.05, 4.69) is 0 Å². The van der Waals surface area contributed by atoms with Gasteiger partial charge in [0, 0.05) is 18.7 Å². The molecule has 3 rings (SSSR count). The zero-order valence-corrected chi connectivity index (χ0v) is 13.5. The summed E-state index contributed by atoms with van der Waals surface area (Å²) in [6, 6.07) is 7.80. The number of ketones is 1. The number of likely N-dealkylation sites (tertiary alicyclic amines) is 1. The number of piperidine rings is 1. The molecule has 1 aromatic rings. The molecule has 0 aromatic heterocycles. The maximum atomic E-state index is 12.8. The number of carbonyl (C=O) groups excluding carboxylic acids is 2. The molecule has 1 unspecified atom stereocenters. The van der Waals surface area contributed by atoms with E-state index in [4.69, 9.17) is 4.74 Å². The second kappa shape index (κ2) is 5.11. The second-order valence-electron chi connectivity index (χ2n) is 7.45. The number of benzene rings is 1. The summed E-state index contributed by atoms with van der Waals surface area (Å²) in [6.45, 7) is 6.72. The number of rotatable bonds is 0.